The van der Waals surface area contributed by atoms with Gasteiger partial charge in [0, 0.05) is 17.1 Å². The third-order valence-corrected chi connectivity index (χ3v) is 7.01. The second-order valence-corrected chi connectivity index (χ2v) is 9.69. The van der Waals surface area contributed by atoms with Gasteiger partial charge in [-0.25, -0.2) is 9.38 Å². The monoisotopic (exact) mass is 400 g/mol. The maximum absolute atomic E-state index is 6.05. The molecule has 0 N–H and O–H groups in total. The van der Waals surface area contributed by atoms with Crippen LogP contribution in [0.25, 0.3) is 21.6 Å². The number of aromatic nitrogens is 6. The summed E-state index contributed by atoms with van der Waals surface area (Å²) >= 11 is 3.39. The van der Waals surface area contributed by atoms with Crippen LogP contribution >= 0.6 is 23.1 Å². The number of thiophene rings is 1. The first kappa shape index (κ1) is 17.2. The first-order valence-corrected chi connectivity index (χ1v) is 10.6. The highest BCUT2D eigenvalue weighted by Gasteiger charge is 2.32. The predicted octanol–water partition coefficient (Wildman–Crippen LogP) is 3.81. The Morgan fingerprint density at radius 1 is 1.37 bits per heavy atom. The molecule has 0 atom stereocenters. The fraction of sp³-hybridized carbons (Fsp3) is 0.444. The van der Waals surface area contributed by atoms with Crippen molar-refractivity contribution in [2.75, 3.05) is 5.75 Å². The summed E-state index contributed by atoms with van der Waals surface area (Å²) in [6, 6.07) is 0. The molecule has 0 saturated heterocycles. The van der Waals surface area contributed by atoms with Gasteiger partial charge < -0.3 is 4.74 Å². The van der Waals surface area contributed by atoms with Gasteiger partial charge in [-0.2, -0.15) is 4.52 Å². The Morgan fingerprint density at radius 2 is 2.19 bits per heavy atom. The van der Waals surface area contributed by atoms with Gasteiger partial charge in [-0.1, -0.05) is 23.9 Å². The molecule has 5 rings (SSSR count). The number of rotatable bonds is 3. The van der Waals surface area contributed by atoms with Crippen LogP contribution in [0.2, 0.25) is 0 Å². The second-order valence-electron chi connectivity index (χ2n) is 7.67. The Hall–Kier alpha value is -1.97. The summed E-state index contributed by atoms with van der Waals surface area (Å²) in [5.41, 5.74) is 3.09. The van der Waals surface area contributed by atoms with E-state index in [2.05, 4.69) is 40.1 Å². The van der Waals surface area contributed by atoms with Crippen LogP contribution in [0.4, 0.5) is 0 Å². The minimum absolute atomic E-state index is 0.188. The van der Waals surface area contributed by atoms with Crippen molar-refractivity contribution < 1.29 is 4.74 Å². The molecule has 7 nitrogen and oxygen atoms in total. The topological polar surface area (TPSA) is 69.6 Å². The fourth-order valence-corrected chi connectivity index (χ4v) is 5.56. The zero-order valence-electron chi connectivity index (χ0n) is 15.7. The summed E-state index contributed by atoms with van der Waals surface area (Å²) in [5.74, 6) is 2.23. The standard InChI is InChI=1S/C18H20N6OS2/c1-9(2)8-26-17-21-20-16-23(17)15-13(14-19-10(3)22-24(14)16)11-6-18(4,5)25-7-12(11)27-15/h1,6-8H2,2-5H3. The molecule has 0 bridgehead atoms. The van der Waals surface area contributed by atoms with Crippen LogP contribution in [-0.4, -0.2) is 40.6 Å². The molecule has 0 fully saturated rings. The molecule has 1 aliphatic rings. The van der Waals surface area contributed by atoms with E-state index in [1.54, 1.807) is 23.1 Å². The summed E-state index contributed by atoms with van der Waals surface area (Å²) in [6.45, 7) is 12.8. The average Bonchev–Trinajstić information content (AvgIpc) is 3.25. The highest BCUT2D eigenvalue weighted by atomic mass is 32.2. The van der Waals surface area contributed by atoms with Crippen LogP contribution in [-0.2, 0) is 17.8 Å². The quantitative estimate of drug-likeness (QED) is 0.385. The fourth-order valence-electron chi connectivity index (χ4n) is 3.50. The minimum atomic E-state index is -0.188. The van der Waals surface area contributed by atoms with E-state index in [1.807, 2.05) is 18.4 Å². The van der Waals surface area contributed by atoms with Crippen LogP contribution in [0.15, 0.2) is 17.3 Å². The first-order chi connectivity index (χ1) is 12.8. The van der Waals surface area contributed by atoms with Gasteiger partial charge in [-0.3, -0.25) is 0 Å². The van der Waals surface area contributed by atoms with Crippen LogP contribution in [0.5, 0.6) is 0 Å². The predicted molar refractivity (Wildman–Crippen MR) is 108 cm³/mol. The van der Waals surface area contributed by atoms with E-state index in [0.29, 0.717) is 12.4 Å². The lowest BCUT2D eigenvalue weighted by Crippen LogP contribution is -2.31. The van der Waals surface area contributed by atoms with Gasteiger partial charge >= 0.3 is 0 Å². The summed E-state index contributed by atoms with van der Waals surface area (Å²) < 4.78 is 9.99. The van der Waals surface area contributed by atoms with E-state index in [0.717, 1.165) is 44.6 Å². The van der Waals surface area contributed by atoms with Crippen molar-refractivity contribution in [3.63, 3.8) is 0 Å². The van der Waals surface area contributed by atoms with Crippen molar-refractivity contribution in [2.45, 2.75) is 51.5 Å². The van der Waals surface area contributed by atoms with Crippen molar-refractivity contribution in [3.05, 3.63) is 28.4 Å². The Bertz CT molecular complexity index is 1230. The molecule has 4 aromatic heterocycles. The molecular weight excluding hydrogens is 380 g/mol. The SMILES string of the molecule is C=C(C)CSc1nnc2n3nc(C)nc3c3c4c(sc3n12)COC(C)(C)C4. The van der Waals surface area contributed by atoms with Crippen LogP contribution < -0.4 is 0 Å². The summed E-state index contributed by atoms with van der Waals surface area (Å²) in [5, 5.41) is 15.5. The number of ether oxygens (including phenoxy) is 1. The lowest BCUT2D eigenvalue weighted by molar-refractivity contribution is -0.0379. The number of aryl methyl sites for hydroxylation is 1. The largest absolute Gasteiger partial charge is 0.370 e. The number of thioether (sulfide) groups is 1. The molecule has 140 valence electrons. The number of hydrogen-bond acceptors (Lipinski definition) is 7. The Kier molecular flexibility index (Phi) is 3.66. The molecule has 4 aromatic rings. The van der Waals surface area contributed by atoms with Crippen molar-refractivity contribution in [2.24, 2.45) is 0 Å². The molecule has 9 heteroatoms. The molecule has 0 aliphatic carbocycles. The Morgan fingerprint density at radius 3 is 2.96 bits per heavy atom. The molecule has 0 radical (unpaired) electrons. The minimum Gasteiger partial charge on any atom is -0.370 e. The molecule has 27 heavy (non-hydrogen) atoms. The van der Waals surface area contributed by atoms with Crippen molar-refractivity contribution in [1.29, 1.82) is 0 Å². The van der Waals surface area contributed by atoms with Gasteiger partial charge in [0.05, 0.1) is 17.6 Å². The maximum Gasteiger partial charge on any atom is 0.260 e. The second kappa shape index (κ2) is 5.76. The molecule has 0 aromatic carbocycles. The van der Waals surface area contributed by atoms with Gasteiger partial charge in [0.1, 0.15) is 10.7 Å². The van der Waals surface area contributed by atoms with Gasteiger partial charge in [0.15, 0.2) is 10.8 Å². The van der Waals surface area contributed by atoms with Crippen LogP contribution in [0.1, 0.15) is 37.0 Å². The highest BCUT2D eigenvalue weighted by Crippen LogP contribution is 2.41. The van der Waals surface area contributed by atoms with Gasteiger partial charge in [-0.05, 0) is 33.3 Å². The van der Waals surface area contributed by atoms with Crippen LogP contribution in [0, 0.1) is 6.92 Å². The summed E-state index contributed by atoms with van der Waals surface area (Å²) in [4.78, 5) is 7.09. The smallest absolute Gasteiger partial charge is 0.260 e. The van der Waals surface area contributed by atoms with E-state index in [-0.39, 0.29) is 5.60 Å². The first-order valence-electron chi connectivity index (χ1n) is 8.80. The van der Waals surface area contributed by atoms with E-state index in [9.17, 15) is 0 Å². The zero-order chi connectivity index (χ0) is 18.9. The Balaban J connectivity index is 1.88. The molecule has 1 aliphatic heterocycles. The number of fused-ring (bicyclic) bond motifs is 8. The van der Waals surface area contributed by atoms with Gasteiger partial charge in [0.2, 0.25) is 0 Å². The third kappa shape index (κ3) is 2.60. The van der Waals surface area contributed by atoms with Crippen molar-refractivity contribution >= 4 is 44.7 Å². The average molecular weight is 401 g/mol. The summed E-state index contributed by atoms with van der Waals surface area (Å²) in [6.07, 6.45) is 0.853. The molecule has 0 saturated carbocycles. The molecule has 5 heterocycles. The molecule has 0 unspecified atom stereocenters. The van der Waals surface area contributed by atoms with E-state index in [4.69, 9.17) is 9.72 Å². The number of nitrogens with zero attached hydrogens (tertiary/aromatic N) is 6. The van der Waals surface area contributed by atoms with E-state index in [1.165, 1.54) is 10.4 Å². The highest BCUT2D eigenvalue weighted by molar-refractivity contribution is 7.99. The zero-order valence-corrected chi connectivity index (χ0v) is 17.4. The molecule has 0 spiro atoms. The van der Waals surface area contributed by atoms with Crippen molar-refractivity contribution in [3.8, 4) is 0 Å². The number of hydrogen-bond donors (Lipinski definition) is 0. The third-order valence-electron chi connectivity index (χ3n) is 4.66. The van der Waals surface area contributed by atoms with E-state index >= 15 is 0 Å². The Labute approximate surface area is 164 Å². The lowest BCUT2D eigenvalue weighted by atomic mass is 9.94. The lowest BCUT2D eigenvalue weighted by Gasteiger charge is -2.30. The normalized spacial score (nSPS) is 16.4. The molecular formula is C18H20N6OS2. The van der Waals surface area contributed by atoms with Gasteiger partial charge in [-0.15, -0.1) is 26.6 Å². The van der Waals surface area contributed by atoms with E-state index < -0.39 is 0 Å². The summed E-state index contributed by atoms with van der Waals surface area (Å²) in [7, 11) is 0. The maximum atomic E-state index is 6.05. The van der Waals surface area contributed by atoms with Crippen molar-refractivity contribution in [1.82, 2.24) is 29.2 Å². The molecule has 0 amide bonds. The van der Waals surface area contributed by atoms with Gasteiger partial charge in [0.25, 0.3) is 5.78 Å². The van der Waals surface area contributed by atoms with Crippen LogP contribution in [0.3, 0.4) is 0 Å².